The molecule has 0 aliphatic carbocycles. The van der Waals surface area contributed by atoms with E-state index in [-0.39, 0.29) is 0 Å². The Morgan fingerprint density at radius 1 is 1.29 bits per heavy atom. The van der Waals surface area contributed by atoms with E-state index in [0.29, 0.717) is 16.9 Å². The Hall–Kier alpha value is -3.00. The highest BCUT2D eigenvalue weighted by molar-refractivity contribution is 5.69. The predicted molar refractivity (Wildman–Crippen MR) is 82.7 cm³/mol. The van der Waals surface area contributed by atoms with Crippen LogP contribution >= 0.6 is 0 Å². The molecule has 0 radical (unpaired) electrons. The van der Waals surface area contributed by atoms with Crippen molar-refractivity contribution in [3.8, 4) is 0 Å². The Kier molecular flexibility index (Phi) is 4.13. The van der Waals surface area contributed by atoms with Gasteiger partial charge in [-0.05, 0) is 24.3 Å². The molecule has 0 aliphatic heterocycles. The molecule has 0 bridgehead atoms. The molecule has 1 atom stereocenters. The van der Waals surface area contributed by atoms with Gasteiger partial charge >= 0.3 is 6.09 Å². The van der Waals surface area contributed by atoms with Gasteiger partial charge in [-0.1, -0.05) is 12.1 Å². The van der Waals surface area contributed by atoms with Crippen LogP contribution in [0.25, 0.3) is 5.65 Å². The van der Waals surface area contributed by atoms with E-state index in [4.69, 9.17) is 9.47 Å². The number of alkyl carbamates (subject to hydrolysis) is 1. The monoisotopic (exact) mass is 330 g/mol. The largest absolute Gasteiger partial charge is 0.453 e. The molecule has 7 nitrogen and oxygen atoms in total. The fourth-order valence-electron chi connectivity index (χ4n) is 2.53. The number of nitrogens with zero attached hydrogens (tertiary/aromatic N) is 3. The Morgan fingerprint density at radius 3 is 2.83 bits per heavy atom. The molecule has 0 saturated carbocycles. The highest BCUT2D eigenvalue weighted by Crippen LogP contribution is 2.31. The third-order valence-electron chi connectivity index (χ3n) is 3.64. The first kappa shape index (κ1) is 15.9. The zero-order chi connectivity index (χ0) is 17.2. The number of fused-ring (bicyclic) bond motifs is 1. The summed E-state index contributed by atoms with van der Waals surface area (Å²) >= 11 is 0. The zero-order valence-corrected chi connectivity index (χ0v) is 13.1. The SMILES string of the molecule is COC(=O)NC(OC)(c1cccc(F)c1)c1cnc2cccnn12. The minimum absolute atomic E-state index is 0.364. The molecular formula is C16H15FN4O3. The molecule has 1 unspecified atom stereocenters. The fourth-order valence-corrected chi connectivity index (χ4v) is 2.53. The van der Waals surface area contributed by atoms with Crippen LogP contribution in [-0.4, -0.2) is 34.9 Å². The van der Waals surface area contributed by atoms with Gasteiger partial charge < -0.3 is 9.47 Å². The third kappa shape index (κ3) is 2.56. The number of amides is 1. The Balaban J connectivity index is 2.26. The van der Waals surface area contributed by atoms with Crippen LogP contribution in [0.5, 0.6) is 0 Å². The van der Waals surface area contributed by atoms with Crippen LogP contribution in [0.2, 0.25) is 0 Å². The number of carbonyl (C=O) groups is 1. The second-order valence-electron chi connectivity index (χ2n) is 4.95. The van der Waals surface area contributed by atoms with E-state index in [2.05, 4.69) is 15.4 Å². The molecule has 2 aromatic heterocycles. The number of rotatable bonds is 4. The molecule has 1 amide bonds. The van der Waals surface area contributed by atoms with Crippen molar-refractivity contribution in [2.24, 2.45) is 0 Å². The van der Waals surface area contributed by atoms with Crippen molar-refractivity contribution in [1.29, 1.82) is 0 Å². The van der Waals surface area contributed by atoms with Crippen LogP contribution < -0.4 is 5.32 Å². The van der Waals surface area contributed by atoms with Crippen molar-refractivity contribution in [1.82, 2.24) is 19.9 Å². The number of halogens is 1. The molecule has 1 aromatic carbocycles. The van der Waals surface area contributed by atoms with Crippen LogP contribution in [0.4, 0.5) is 9.18 Å². The number of methoxy groups -OCH3 is 2. The van der Waals surface area contributed by atoms with Crippen LogP contribution in [0.15, 0.2) is 48.8 Å². The molecule has 0 aliphatic rings. The molecule has 124 valence electrons. The van der Waals surface area contributed by atoms with E-state index < -0.39 is 17.6 Å². The summed E-state index contributed by atoms with van der Waals surface area (Å²) in [4.78, 5) is 16.2. The summed E-state index contributed by atoms with van der Waals surface area (Å²) in [6, 6.07) is 9.20. The summed E-state index contributed by atoms with van der Waals surface area (Å²) < 4.78 is 25.6. The number of nitrogens with one attached hydrogen (secondary N) is 1. The van der Waals surface area contributed by atoms with Crippen LogP contribution in [0.3, 0.4) is 0 Å². The van der Waals surface area contributed by atoms with Crippen molar-refractivity contribution in [3.63, 3.8) is 0 Å². The van der Waals surface area contributed by atoms with Gasteiger partial charge in [0, 0.05) is 18.9 Å². The molecule has 24 heavy (non-hydrogen) atoms. The van der Waals surface area contributed by atoms with Gasteiger partial charge in [0.1, 0.15) is 11.5 Å². The van der Waals surface area contributed by atoms with Gasteiger partial charge in [-0.15, -0.1) is 0 Å². The summed E-state index contributed by atoms with van der Waals surface area (Å²) in [6.45, 7) is 0. The average molecular weight is 330 g/mol. The normalized spacial score (nSPS) is 13.5. The van der Waals surface area contributed by atoms with Crippen molar-refractivity contribution in [2.45, 2.75) is 5.72 Å². The highest BCUT2D eigenvalue weighted by atomic mass is 19.1. The lowest BCUT2D eigenvalue weighted by molar-refractivity contribution is -0.0113. The van der Waals surface area contributed by atoms with Crippen molar-refractivity contribution >= 4 is 11.7 Å². The van der Waals surface area contributed by atoms with Gasteiger partial charge in [-0.3, -0.25) is 5.32 Å². The van der Waals surface area contributed by atoms with E-state index in [0.717, 1.165) is 0 Å². The predicted octanol–water partition coefficient (Wildman–Crippen LogP) is 2.07. The van der Waals surface area contributed by atoms with Crippen LogP contribution in [0, 0.1) is 5.82 Å². The first-order chi connectivity index (χ1) is 11.6. The quantitative estimate of drug-likeness (QED) is 0.741. The standard InChI is InChI=1S/C16H15FN4O3/c1-23-15(22)20-16(24-2,11-5-3-6-12(17)9-11)13-10-18-14-7-4-8-19-21(13)14/h3-10H,1-2H3,(H,20,22). The zero-order valence-electron chi connectivity index (χ0n) is 13.1. The first-order valence-electron chi connectivity index (χ1n) is 7.07. The van der Waals surface area contributed by atoms with Crippen molar-refractivity contribution < 1.29 is 18.7 Å². The third-order valence-corrected chi connectivity index (χ3v) is 3.64. The van der Waals surface area contributed by atoms with Gasteiger partial charge in [0.25, 0.3) is 0 Å². The lowest BCUT2D eigenvalue weighted by Crippen LogP contribution is -2.49. The number of imidazole rings is 1. The van der Waals surface area contributed by atoms with Crippen molar-refractivity contribution in [2.75, 3.05) is 14.2 Å². The second kappa shape index (κ2) is 6.25. The van der Waals surface area contributed by atoms with Gasteiger partial charge in [-0.2, -0.15) is 5.10 Å². The summed E-state index contributed by atoms with van der Waals surface area (Å²) in [7, 11) is 2.62. The smallest absolute Gasteiger partial charge is 0.409 e. The minimum Gasteiger partial charge on any atom is -0.453 e. The summed E-state index contributed by atoms with van der Waals surface area (Å²) in [6.07, 6.45) is 2.33. The van der Waals surface area contributed by atoms with Gasteiger partial charge in [0.2, 0.25) is 5.72 Å². The number of ether oxygens (including phenoxy) is 2. The van der Waals surface area contributed by atoms with E-state index in [1.807, 2.05) is 0 Å². The van der Waals surface area contributed by atoms with E-state index in [1.165, 1.54) is 43.1 Å². The number of hydrogen-bond donors (Lipinski definition) is 1. The Morgan fingerprint density at radius 2 is 2.12 bits per heavy atom. The van der Waals surface area contributed by atoms with Crippen LogP contribution in [-0.2, 0) is 15.2 Å². The first-order valence-corrected chi connectivity index (χ1v) is 7.07. The van der Waals surface area contributed by atoms with Gasteiger partial charge in [0.05, 0.1) is 13.3 Å². The van der Waals surface area contributed by atoms with E-state index >= 15 is 0 Å². The molecule has 0 saturated heterocycles. The topological polar surface area (TPSA) is 77.8 Å². The Labute approximate surface area is 137 Å². The number of aromatic nitrogens is 3. The molecule has 3 rings (SSSR count). The number of carbonyl (C=O) groups excluding carboxylic acids is 1. The maximum absolute atomic E-state index is 13.8. The maximum Gasteiger partial charge on any atom is 0.409 e. The summed E-state index contributed by atoms with van der Waals surface area (Å²) in [5.41, 5.74) is -0.209. The minimum atomic E-state index is -1.52. The second-order valence-corrected chi connectivity index (χ2v) is 4.95. The van der Waals surface area contributed by atoms with Crippen molar-refractivity contribution in [3.05, 3.63) is 65.9 Å². The molecule has 8 heteroatoms. The lowest BCUT2D eigenvalue weighted by Gasteiger charge is -2.32. The lowest BCUT2D eigenvalue weighted by atomic mass is 9.99. The van der Waals surface area contributed by atoms with E-state index in [1.54, 1.807) is 24.4 Å². The maximum atomic E-state index is 13.8. The number of benzene rings is 1. The highest BCUT2D eigenvalue weighted by Gasteiger charge is 2.40. The van der Waals surface area contributed by atoms with Gasteiger partial charge in [-0.25, -0.2) is 18.7 Å². The molecule has 3 aromatic rings. The number of hydrogen-bond acceptors (Lipinski definition) is 5. The molecule has 2 heterocycles. The average Bonchev–Trinajstić information content (AvgIpc) is 3.04. The van der Waals surface area contributed by atoms with Gasteiger partial charge in [0.15, 0.2) is 5.65 Å². The fraction of sp³-hybridized carbons (Fsp3) is 0.188. The molecular weight excluding hydrogens is 315 g/mol. The molecule has 0 fully saturated rings. The molecule has 1 N–H and O–H groups in total. The Bertz CT molecular complexity index is 882. The molecule has 0 spiro atoms. The summed E-state index contributed by atoms with van der Waals surface area (Å²) in [5, 5.41) is 6.84. The van der Waals surface area contributed by atoms with Crippen LogP contribution in [0.1, 0.15) is 11.3 Å². The summed E-state index contributed by atoms with van der Waals surface area (Å²) in [5.74, 6) is -0.470. The van der Waals surface area contributed by atoms with E-state index in [9.17, 15) is 9.18 Å².